The number of aryl methyl sites for hydroxylation is 3. The topological polar surface area (TPSA) is 56.7 Å². The largest absolute Gasteiger partial charge is 0.382 e. The number of hydrogen-bond acceptors (Lipinski definition) is 3. The Hall–Kier alpha value is -2.62. The zero-order chi connectivity index (χ0) is 15.1. The molecule has 0 radical (unpaired) electrons. The highest BCUT2D eigenvalue weighted by molar-refractivity contribution is 5.72. The maximum atomic E-state index is 6.29. The lowest BCUT2D eigenvalue weighted by molar-refractivity contribution is 0.810. The lowest BCUT2D eigenvalue weighted by atomic mass is 10.0. The zero-order valence-electron chi connectivity index (χ0n) is 12.6. The van der Waals surface area contributed by atoms with Crippen molar-refractivity contribution in [3.8, 4) is 16.9 Å². The minimum Gasteiger partial charge on any atom is -0.382 e. The molecule has 0 aliphatic heterocycles. The third-order valence-corrected chi connectivity index (χ3v) is 4.36. The molecule has 0 amide bonds. The van der Waals surface area contributed by atoms with Gasteiger partial charge in [0.05, 0.1) is 5.69 Å². The summed E-state index contributed by atoms with van der Waals surface area (Å²) < 4.78 is 1.70. The Morgan fingerprint density at radius 2 is 1.77 bits per heavy atom. The van der Waals surface area contributed by atoms with Gasteiger partial charge in [-0.2, -0.15) is 4.68 Å². The smallest absolute Gasteiger partial charge is 0.155 e. The molecule has 3 aromatic rings. The fourth-order valence-corrected chi connectivity index (χ4v) is 3.09. The molecule has 22 heavy (non-hydrogen) atoms. The molecule has 4 nitrogen and oxygen atoms in total. The summed E-state index contributed by atoms with van der Waals surface area (Å²) in [5, 5.41) is 8.53. The van der Waals surface area contributed by atoms with Crippen LogP contribution in [-0.2, 0) is 12.8 Å². The van der Waals surface area contributed by atoms with Gasteiger partial charge in [-0.05, 0) is 55.5 Å². The van der Waals surface area contributed by atoms with Crippen LogP contribution in [0.25, 0.3) is 16.9 Å². The molecular formula is C18H18N4. The summed E-state index contributed by atoms with van der Waals surface area (Å²) >= 11 is 0. The average molecular weight is 290 g/mol. The first-order valence-electron chi connectivity index (χ1n) is 7.63. The van der Waals surface area contributed by atoms with Crippen LogP contribution in [-0.4, -0.2) is 15.0 Å². The minimum atomic E-state index is 0.585. The van der Waals surface area contributed by atoms with E-state index in [0.29, 0.717) is 5.82 Å². The highest BCUT2D eigenvalue weighted by Crippen LogP contribution is 2.30. The van der Waals surface area contributed by atoms with Crippen molar-refractivity contribution in [3.05, 3.63) is 59.2 Å². The fraction of sp³-hybridized carbons (Fsp3) is 0.222. The van der Waals surface area contributed by atoms with Gasteiger partial charge in [-0.3, -0.25) is 0 Å². The molecule has 1 aromatic heterocycles. The minimum absolute atomic E-state index is 0.585. The van der Waals surface area contributed by atoms with Gasteiger partial charge >= 0.3 is 0 Å². The Bertz CT molecular complexity index is 831. The van der Waals surface area contributed by atoms with Crippen LogP contribution in [0.2, 0.25) is 0 Å². The van der Waals surface area contributed by atoms with Crippen molar-refractivity contribution in [1.29, 1.82) is 0 Å². The lowest BCUT2D eigenvalue weighted by Crippen LogP contribution is -2.02. The number of anilines is 1. The molecule has 4 rings (SSSR count). The molecule has 0 atom stereocenters. The van der Waals surface area contributed by atoms with Gasteiger partial charge in [0.25, 0.3) is 0 Å². The first-order chi connectivity index (χ1) is 10.7. The fourth-order valence-electron chi connectivity index (χ4n) is 3.09. The van der Waals surface area contributed by atoms with E-state index >= 15 is 0 Å². The van der Waals surface area contributed by atoms with Crippen molar-refractivity contribution >= 4 is 5.82 Å². The standard InChI is InChI=1S/C18H18N4/c1-12-5-9-16(10-6-12)22-18(19)17(20-21-22)15-8-7-13-3-2-4-14(13)11-15/h5-11H,2-4,19H2,1H3. The molecule has 1 aliphatic rings. The van der Waals surface area contributed by atoms with Crippen LogP contribution in [0.15, 0.2) is 42.5 Å². The summed E-state index contributed by atoms with van der Waals surface area (Å²) in [5.41, 5.74) is 13.1. The summed E-state index contributed by atoms with van der Waals surface area (Å²) in [6, 6.07) is 14.6. The summed E-state index contributed by atoms with van der Waals surface area (Å²) in [6.45, 7) is 2.06. The van der Waals surface area contributed by atoms with Crippen LogP contribution >= 0.6 is 0 Å². The maximum Gasteiger partial charge on any atom is 0.155 e. The molecule has 2 N–H and O–H groups in total. The first-order valence-corrected chi connectivity index (χ1v) is 7.63. The van der Waals surface area contributed by atoms with E-state index in [2.05, 4.69) is 35.4 Å². The van der Waals surface area contributed by atoms with Crippen LogP contribution in [0.5, 0.6) is 0 Å². The molecule has 110 valence electrons. The highest BCUT2D eigenvalue weighted by Gasteiger charge is 2.16. The molecule has 0 unspecified atom stereocenters. The van der Waals surface area contributed by atoms with E-state index in [1.54, 1.807) is 4.68 Å². The maximum absolute atomic E-state index is 6.29. The quantitative estimate of drug-likeness (QED) is 0.787. The van der Waals surface area contributed by atoms with Crippen molar-refractivity contribution < 1.29 is 0 Å². The van der Waals surface area contributed by atoms with E-state index in [1.165, 1.54) is 29.5 Å². The van der Waals surface area contributed by atoms with Crippen LogP contribution in [0, 0.1) is 6.92 Å². The summed E-state index contributed by atoms with van der Waals surface area (Å²) in [6.07, 6.45) is 3.57. The second-order valence-electron chi connectivity index (χ2n) is 5.91. The average Bonchev–Trinajstić information content (AvgIpc) is 3.14. The van der Waals surface area contributed by atoms with Crippen molar-refractivity contribution in [2.24, 2.45) is 0 Å². The number of fused-ring (bicyclic) bond motifs is 1. The lowest BCUT2D eigenvalue weighted by Gasteiger charge is -2.05. The number of rotatable bonds is 2. The predicted octanol–water partition coefficient (Wildman–Crippen LogP) is 3.31. The van der Waals surface area contributed by atoms with Gasteiger partial charge in [-0.1, -0.05) is 35.0 Å². The Morgan fingerprint density at radius 3 is 2.59 bits per heavy atom. The van der Waals surface area contributed by atoms with Crippen molar-refractivity contribution in [2.75, 3.05) is 5.73 Å². The van der Waals surface area contributed by atoms with E-state index < -0.39 is 0 Å². The van der Waals surface area contributed by atoms with E-state index in [1.807, 2.05) is 24.3 Å². The van der Waals surface area contributed by atoms with Gasteiger partial charge in [0, 0.05) is 5.56 Å². The predicted molar refractivity (Wildman–Crippen MR) is 88.0 cm³/mol. The Morgan fingerprint density at radius 1 is 1.00 bits per heavy atom. The number of benzene rings is 2. The van der Waals surface area contributed by atoms with E-state index in [4.69, 9.17) is 5.73 Å². The first kappa shape index (κ1) is 13.1. The van der Waals surface area contributed by atoms with Gasteiger partial charge in [0.15, 0.2) is 5.82 Å². The molecule has 4 heteroatoms. The number of nitrogens with two attached hydrogens (primary N) is 1. The molecule has 2 aromatic carbocycles. The number of aromatic nitrogens is 3. The Balaban J connectivity index is 1.76. The van der Waals surface area contributed by atoms with E-state index in [9.17, 15) is 0 Å². The summed E-state index contributed by atoms with van der Waals surface area (Å²) in [4.78, 5) is 0. The number of nitrogen functional groups attached to an aromatic ring is 1. The van der Waals surface area contributed by atoms with Crippen LogP contribution in [0.4, 0.5) is 5.82 Å². The monoisotopic (exact) mass is 290 g/mol. The molecular weight excluding hydrogens is 272 g/mol. The molecule has 1 aliphatic carbocycles. The number of nitrogens with zero attached hydrogens (tertiary/aromatic N) is 3. The zero-order valence-corrected chi connectivity index (χ0v) is 12.6. The van der Waals surface area contributed by atoms with Crippen LogP contribution in [0.1, 0.15) is 23.1 Å². The Labute approximate surface area is 129 Å². The second kappa shape index (κ2) is 4.98. The summed E-state index contributed by atoms with van der Waals surface area (Å²) in [7, 11) is 0. The Kier molecular flexibility index (Phi) is 2.96. The summed E-state index contributed by atoms with van der Waals surface area (Å²) in [5.74, 6) is 0.585. The molecule has 0 fully saturated rings. The molecule has 0 bridgehead atoms. The van der Waals surface area contributed by atoms with Crippen LogP contribution < -0.4 is 5.73 Å². The van der Waals surface area contributed by atoms with Gasteiger partial charge in [-0.15, -0.1) is 5.10 Å². The van der Waals surface area contributed by atoms with Gasteiger partial charge < -0.3 is 5.73 Å². The molecule has 0 saturated heterocycles. The molecule has 1 heterocycles. The molecule has 0 saturated carbocycles. The van der Waals surface area contributed by atoms with E-state index in [-0.39, 0.29) is 0 Å². The van der Waals surface area contributed by atoms with Gasteiger partial charge in [0.2, 0.25) is 0 Å². The second-order valence-corrected chi connectivity index (χ2v) is 5.91. The van der Waals surface area contributed by atoms with Crippen LogP contribution in [0.3, 0.4) is 0 Å². The third-order valence-electron chi connectivity index (χ3n) is 4.36. The van der Waals surface area contributed by atoms with Gasteiger partial charge in [-0.25, -0.2) is 0 Å². The van der Waals surface area contributed by atoms with Crippen molar-refractivity contribution in [1.82, 2.24) is 15.0 Å². The van der Waals surface area contributed by atoms with Crippen molar-refractivity contribution in [3.63, 3.8) is 0 Å². The third kappa shape index (κ3) is 2.08. The number of hydrogen-bond donors (Lipinski definition) is 1. The van der Waals surface area contributed by atoms with Crippen molar-refractivity contribution in [2.45, 2.75) is 26.2 Å². The molecule has 0 spiro atoms. The normalized spacial score (nSPS) is 13.3. The SMILES string of the molecule is Cc1ccc(-n2nnc(-c3ccc4c(c3)CCC4)c2N)cc1. The van der Waals surface area contributed by atoms with Gasteiger partial charge in [0.1, 0.15) is 5.69 Å². The highest BCUT2D eigenvalue weighted by atomic mass is 15.5. The van der Waals surface area contributed by atoms with E-state index in [0.717, 1.165) is 23.4 Å².